The predicted molar refractivity (Wildman–Crippen MR) is 88.2 cm³/mol. The maximum absolute atomic E-state index is 12.8. The SMILES string of the molecule is CC1=C[C@@H](C(=O)N(C)c2cc(=O)c(O)c[nH]2)N2C[C@@H]1N(OS(=O)(=O)[O-])C2=O.[Na+]. The van der Waals surface area contributed by atoms with Crippen LogP contribution in [-0.4, -0.2) is 70.6 Å². The van der Waals surface area contributed by atoms with E-state index >= 15 is 0 Å². The average Bonchev–Trinajstić information content (AvgIpc) is 2.85. The van der Waals surface area contributed by atoms with E-state index < -0.39 is 45.6 Å². The van der Waals surface area contributed by atoms with Gasteiger partial charge in [-0.3, -0.25) is 14.5 Å². The minimum absolute atomic E-state index is 0. The molecule has 1 aromatic rings. The number of pyridine rings is 1. The number of nitrogens with one attached hydrogen (secondary N) is 1. The second-order valence-electron chi connectivity index (χ2n) is 6.08. The average molecular weight is 422 g/mol. The molecule has 146 valence electrons. The summed E-state index contributed by atoms with van der Waals surface area (Å²) in [5.74, 6) is -1.04. The number of urea groups is 1. The van der Waals surface area contributed by atoms with E-state index in [9.17, 15) is 32.5 Å². The molecule has 0 radical (unpaired) electrons. The third-order valence-electron chi connectivity index (χ3n) is 4.36. The molecule has 0 aliphatic carbocycles. The van der Waals surface area contributed by atoms with Crippen LogP contribution in [0.15, 0.2) is 28.7 Å². The number of hydroxylamine groups is 2. The zero-order chi connectivity index (χ0) is 20.1. The van der Waals surface area contributed by atoms with Crippen LogP contribution in [0.5, 0.6) is 5.75 Å². The molecule has 12 nitrogen and oxygen atoms in total. The van der Waals surface area contributed by atoms with E-state index in [0.717, 1.165) is 22.1 Å². The van der Waals surface area contributed by atoms with Crippen LogP contribution < -0.4 is 39.9 Å². The smallest absolute Gasteiger partial charge is 0.724 e. The zero-order valence-corrected chi connectivity index (χ0v) is 18.0. The Hall–Kier alpha value is -1.90. The number of amides is 3. The molecule has 2 bridgehead atoms. The summed E-state index contributed by atoms with van der Waals surface area (Å²) < 4.78 is 36.8. The van der Waals surface area contributed by atoms with Crippen molar-refractivity contribution < 1.29 is 61.5 Å². The second kappa shape index (κ2) is 7.85. The van der Waals surface area contributed by atoms with Gasteiger partial charge in [0.15, 0.2) is 5.75 Å². The van der Waals surface area contributed by atoms with E-state index in [2.05, 4.69) is 9.27 Å². The van der Waals surface area contributed by atoms with Crippen LogP contribution in [0.1, 0.15) is 6.92 Å². The molecule has 0 unspecified atom stereocenters. The third kappa shape index (κ3) is 4.09. The largest absolute Gasteiger partial charge is 1.00 e. The van der Waals surface area contributed by atoms with Gasteiger partial charge in [-0.05, 0) is 12.5 Å². The molecular formula is C14H15N4NaO8S. The molecule has 28 heavy (non-hydrogen) atoms. The fourth-order valence-electron chi connectivity index (χ4n) is 2.96. The summed E-state index contributed by atoms with van der Waals surface area (Å²) in [5, 5.41) is 9.72. The number of rotatable bonds is 4. The van der Waals surface area contributed by atoms with E-state index in [1.807, 2.05) is 0 Å². The normalized spacial score (nSPS) is 21.2. The number of aromatic amines is 1. The van der Waals surface area contributed by atoms with Crippen molar-refractivity contribution in [3.8, 4) is 5.75 Å². The number of anilines is 1. The number of hydrogen-bond donors (Lipinski definition) is 2. The fourth-order valence-corrected chi connectivity index (χ4v) is 3.33. The summed E-state index contributed by atoms with van der Waals surface area (Å²) in [4.78, 5) is 41.5. The molecule has 3 heterocycles. The fraction of sp³-hybridized carbons (Fsp3) is 0.357. The topological polar surface area (TPSA) is 163 Å². The third-order valence-corrected chi connectivity index (χ3v) is 4.71. The number of aromatic hydroxyl groups is 1. The summed E-state index contributed by atoms with van der Waals surface area (Å²) in [7, 11) is -3.81. The minimum atomic E-state index is -5.17. The molecule has 14 heteroatoms. The number of nitrogens with zero attached hydrogens (tertiary/aromatic N) is 3. The van der Waals surface area contributed by atoms with Crippen molar-refractivity contribution in [2.45, 2.75) is 19.0 Å². The summed E-state index contributed by atoms with van der Waals surface area (Å²) in [6.45, 7) is 1.52. The van der Waals surface area contributed by atoms with Gasteiger partial charge < -0.3 is 19.5 Å². The molecule has 3 amide bonds. The van der Waals surface area contributed by atoms with Crippen LogP contribution in [0.25, 0.3) is 0 Å². The maximum Gasteiger partial charge on any atom is 1.00 e. The van der Waals surface area contributed by atoms with Gasteiger partial charge in [-0.1, -0.05) is 6.08 Å². The Kier molecular flexibility index (Phi) is 6.28. The Balaban J connectivity index is 0.00000280. The summed E-state index contributed by atoms with van der Waals surface area (Å²) in [6, 6.07) is -1.85. The standard InChI is InChI=1S/C14H16N4O8S.Na/c1-7-3-8(13(21)16(2)12-4-10(19)11(20)5-15-12)17-6-9(7)18(14(17)22)26-27(23,24)25;/h3-5,8-9,20H,6H2,1-2H3,(H,15,19)(H,23,24,25);/q;+1/p-1/t8-,9-;/m0./s1. The van der Waals surface area contributed by atoms with Gasteiger partial charge in [0.1, 0.15) is 17.9 Å². The number of aromatic nitrogens is 1. The first-order valence-electron chi connectivity index (χ1n) is 7.62. The Bertz CT molecular complexity index is 1010. The van der Waals surface area contributed by atoms with Crippen LogP contribution >= 0.6 is 0 Å². The summed E-state index contributed by atoms with van der Waals surface area (Å²) in [6.07, 6.45) is 2.47. The molecule has 0 aromatic carbocycles. The molecule has 0 spiro atoms. The second-order valence-corrected chi connectivity index (χ2v) is 7.05. The molecule has 1 saturated heterocycles. The molecule has 0 saturated carbocycles. The molecule has 2 aliphatic heterocycles. The van der Waals surface area contributed by atoms with Gasteiger partial charge in [0.05, 0.1) is 6.54 Å². The van der Waals surface area contributed by atoms with Crippen molar-refractivity contribution in [1.82, 2.24) is 14.9 Å². The Morgan fingerprint density at radius 2 is 2.07 bits per heavy atom. The first-order valence-corrected chi connectivity index (χ1v) is 8.96. The van der Waals surface area contributed by atoms with Gasteiger partial charge in [-0.25, -0.2) is 13.2 Å². The number of hydrogen-bond acceptors (Lipinski definition) is 8. The number of fused-ring (bicyclic) bond motifs is 2. The van der Waals surface area contributed by atoms with Gasteiger partial charge >= 0.3 is 35.6 Å². The number of H-pyrrole nitrogens is 1. The van der Waals surface area contributed by atoms with Crippen molar-refractivity contribution in [2.24, 2.45) is 0 Å². The Labute approximate surface area is 181 Å². The quantitative estimate of drug-likeness (QED) is 0.214. The molecule has 2 aliphatic rings. The van der Waals surface area contributed by atoms with E-state index in [0.29, 0.717) is 10.6 Å². The van der Waals surface area contributed by atoms with Crippen LogP contribution in [0, 0.1) is 0 Å². The molecule has 3 rings (SSSR count). The number of likely N-dealkylation sites (N-methyl/N-ethyl adjacent to an activating group) is 1. The van der Waals surface area contributed by atoms with Crippen molar-refractivity contribution in [3.63, 3.8) is 0 Å². The molecular weight excluding hydrogens is 407 g/mol. The van der Waals surface area contributed by atoms with Crippen LogP contribution in [0.3, 0.4) is 0 Å². The predicted octanol–water partition coefficient (Wildman–Crippen LogP) is -4.13. The van der Waals surface area contributed by atoms with E-state index in [-0.39, 0.29) is 41.9 Å². The molecule has 1 aromatic heterocycles. The summed E-state index contributed by atoms with van der Waals surface area (Å²) in [5.41, 5.74) is -0.233. The van der Waals surface area contributed by atoms with Crippen LogP contribution in [-0.2, 0) is 19.5 Å². The zero-order valence-electron chi connectivity index (χ0n) is 15.1. The maximum atomic E-state index is 12.8. The Morgan fingerprint density at radius 1 is 1.43 bits per heavy atom. The van der Waals surface area contributed by atoms with Crippen molar-refractivity contribution >= 4 is 28.2 Å². The first-order chi connectivity index (χ1) is 12.5. The van der Waals surface area contributed by atoms with Crippen molar-refractivity contribution in [1.29, 1.82) is 0 Å². The van der Waals surface area contributed by atoms with Crippen LogP contribution in [0.2, 0.25) is 0 Å². The Morgan fingerprint density at radius 3 is 2.64 bits per heavy atom. The monoisotopic (exact) mass is 422 g/mol. The molecule has 2 atom stereocenters. The van der Waals surface area contributed by atoms with Crippen LogP contribution in [0.4, 0.5) is 10.6 Å². The van der Waals surface area contributed by atoms with Gasteiger partial charge in [0.25, 0.3) is 5.91 Å². The van der Waals surface area contributed by atoms with Gasteiger partial charge in [0.2, 0.25) is 15.8 Å². The van der Waals surface area contributed by atoms with Crippen molar-refractivity contribution in [2.75, 3.05) is 18.5 Å². The molecule has 2 N–H and O–H groups in total. The minimum Gasteiger partial charge on any atom is -0.724 e. The van der Waals surface area contributed by atoms with Gasteiger partial charge in [-0.2, -0.15) is 9.35 Å². The van der Waals surface area contributed by atoms with Gasteiger partial charge in [-0.15, -0.1) is 0 Å². The van der Waals surface area contributed by atoms with E-state index in [1.165, 1.54) is 13.1 Å². The van der Waals surface area contributed by atoms with E-state index in [4.69, 9.17) is 0 Å². The molecule has 1 fully saturated rings. The van der Waals surface area contributed by atoms with E-state index in [1.54, 1.807) is 6.92 Å². The number of carbonyl (C=O) groups excluding carboxylic acids is 2. The summed E-state index contributed by atoms with van der Waals surface area (Å²) >= 11 is 0. The first kappa shape index (κ1) is 22.4. The van der Waals surface area contributed by atoms with Gasteiger partial charge in [0, 0.05) is 19.3 Å². The van der Waals surface area contributed by atoms with Crippen molar-refractivity contribution in [3.05, 3.63) is 34.1 Å². The number of carbonyl (C=O) groups is 2.